The first-order chi connectivity index (χ1) is 13.7. The molecule has 0 atom stereocenters. The molecular formula is C22H29FN4S. The maximum atomic E-state index is 13.2. The molecule has 4 nitrogen and oxygen atoms in total. The number of anilines is 1. The second-order valence-corrected chi connectivity index (χ2v) is 8.77. The molecule has 0 spiro atoms. The predicted molar refractivity (Wildman–Crippen MR) is 116 cm³/mol. The van der Waals surface area contributed by atoms with Gasteiger partial charge < -0.3 is 15.5 Å². The van der Waals surface area contributed by atoms with E-state index in [9.17, 15) is 4.39 Å². The lowest BCUT2D eigenvalue weighted by atomic mass is 9.96. The van der Waals surface area contributed by atoms with Gasteiger partial charge in [-0.05, 0) is 67.8 Å². The van der Waals surface area contributed by atoms with Crippen LogP contribution in [-0.2, 0) is 5.41 Å². The Hall–Kier alpha value is -2.08. The summed E-state index contributed by atoms with van der Waals surface area (Å²) in [4.78, 5) is 7.37. The lowest BCUT2D eigenvalue weighted by Gasteiger charge is -2.33. The highest BCUT2D eigenvalue weighted by molar-refractivity contribution is 7.14. The predicted octanol–water partition coefficient (Wildman–Crippen LogP) is 4.14. The summed E-state index contributed by atoms with van der Waals surface area (Å²) >= 11 is 1.82. The molecule has 2 aliphatic rings. The summed E-state index contributed by atoms with van der Waals surface area (Å²) in [6.07, 6.45) is 4.48. The first kappa shape index (κ1) is 19.2. The minimum Gasteiger partial charge on any atom is -0.363 e. The Morgan fingerprint density at radius 1 is 1.21 bits per heavy atom. The number of rotatable bonds is 6. The molecule has 150 valence electrons. The van der Waals surface area contributed by atoms with Crippen LogP contribution in [0.5, 0.6) is 0 Å². The van der Waals surface area contributed by atoms with Gasteiger partial charge in [-0.1, -0.05) is 12.1 Å². The molecule has 28 heavy (non-hydrogen) atoms. The zero-order valence-electron chi connectivity index (χ0n) is 16.5. The van der Waals surface area contributed by atoms with Gasteiger partial charge in [0, 0.05) is 31.1 Å². The van der Waals surface area contributed by atoms with Crippen LogP contribution < -0.4 is 15.5 Å². The normalized spacial score (nSPS) is 19.5. The van der Waals surface area contributed by atoms with Gasteiger partial charge in [0.05, 0.1) is 11.5 Å². The van der Waals surface area contributed by atoms with E-state index in [1.165, 1.54) is 10.6 Å². The average molecular weight is 401 g/mol. The minimum absolute atomic E-state index is 0.0958. The molecule has 1 aromatic heterocycles. The van der Waals surface area contributed by atoms with Crippen molar-refractivity contribution in [2.24, 2.45) is 4.99 Å². The van der Waals surface area contributed by atoms with Crippen molar-refractivity contribution in [3.8, 4) is 0 Å². The Kier molecular flexibility index (Phi) is 5.85. The zero-order valence-corrected chi connectivity index (χ0v) is 17.3. The minimum atomic E-state index is -0.174. The molecule has 2 fully saturated rings. The highest BCUT2D eigenvalue weighted by atomic mass is 32.1. The number of nitrogens with zero attached hydrogens (tertiary/aromatic N) is 2. The van der Waals surface area contributed by atoms with Crippen molar-refractivity contribution in [3.05, 3.63) is 53.2 Å². The number of guanidine groups is 1. The number of benzene rings is 1. The largest absolute Gasteiger partial charge is 0.363 e. The van der Waals surface area contributed by atoms with E-state index in [1.54, 1.807) is 12.1 Å². The van der Waals surface area contributed by atoms with E-state index in [1.807, 2.05) is 23.5 Å². The summed E-state index contributed by atoms with van der Waals surface area (Å²) in [5.74, 6) is 0.734. The van der Waals surface area contributed by atoms with Crippen LogP contribution in [0.25, 0.3) is 0 Å². The smallest absolute Gasteiger partial charge is 0.191 e. The summed E-state index contributed by atoms with van der Waals surface area (Å²) in [5.41, 5.74) is 1.30. The van der Waals surface area contributed by atoms with Gasteiger partial charge >= 0.3 is 0 Å². The first-order valence-electron chi connectivity index (χ1n) is 10.3. The second kappa shape index (κ2) is 8.52. The lowest BCUT2D eigenvalue weighted by Crippen LogP contribution is -2.48. The average Bonchev–Trinajstić information content (AvgIpc) is 3.30. The summed E-state index contributed by atoms with van der Waals surface area (Å²) in [6.45, 7) is 5.86. The molecule has 1 saturated heterocycles. The fourth-order valence-corrected chi connectivity index (χ4v) is 4.72. The second-order valence-electron chi connectivity index (χ2n) is 7.84. The molecule has 6 heteroatoms. The Morgan fingerprint density at radius 3 is 2.57 bits per heavy atom. The van der Waals surface area contributed by atoms with Gasteiger partial charge in [0.2, 0.25) is 0 Å². The lowest BCUT2D eigenvalue weighted by molar-refractivity contribution is 0.462. The van der Waals surface area contributed by atoms with Crippen LogP contribution in [0, 0.1) is 5.82 Å². The van der Waals surface area contributed by atoms with Crippen molar-refractivity contribution in [2.45, 2.75) is 44.1 Å². The summed E-state index contributed by atoms with van der Waals surface area (Å²) in [5, 5.41) is 10.5. The highest BCUT2D eigenvalue weighted by Crippen LogP contribution is 2.48. The number of nitrogens with one attached hydrogen (secondary N) is 2. The maximum Gasteiger partial charge on any atom is 0.191 e. The number of hydrogen-bond donors (Lipinski definition) is 2. The van der Waals surface area contributed by atoms with E-state index in [2.05, 4.69) is 40.0 Å². The zero-order chi connectivity index (χ0) is 19.4. The van der Waals surface area contributed by atoms with Crippen molar-refractivity contribution in [2.75, 3.05) is 31.1 Å². The highest BCUT2D eigenvalue weighted by Gasteiger charge is 2.44. The summed E-state index contributed by atoms with van der Waals surface area (Å²) in [7, 11) is 0. The number of thiophene rings is 1. The van der Waals surface area contributed by atoms with E-state index in [4.69, 9.17) is 4.99 Å². The van der Waals surface area contributed by atoms with Crippen molar-refractivity contribution in [1.29, 1.82) is 0 Å². The fraction of sp³-hybridized carbons (Fsp3) is 0.500. The molecule has 1 aliphatic carbocycles. The van der Waals surface area contributed by atoms with E-state index < -0.39 is 0 Å². The van der Waals surface area contributed by atoms with Gasteiger partial charge in [-0.15, -0.1) is 11.3 Å². The topological polar surface area (TPSA) is 39.7 Å². The van der Waals surface area contributed by atoms with Gasteiger partial charge in [-0.2, -0.15) is 0 Å². The third-order valence-corrected chi connectivity index (χ3v) is 6.78. The van der Waals surface area contributed by atoms with Gasteiger partial charge in [-0.3, -0.25) is 4.99 Å². The fourth-order valence-electron chi connectivity index (χ4n) is 3.93. The number of piperidine rings is 1. The van der Waals surface area contributed by atoms with Gasteiger partial charge in [0.25, 0.3) is 0 Å². The Labute approximate surface area is 170 Å². The van der Waals surface area contributed by atoms with Crippen LogP contribution in [0.15, 0.2) is 46.8 Å². The van der Waals surface area contributed by atoms with Crippen LogP contribution in [0.2, 0.25) is 0 Å². The molecule has 2 N–H and O–H groups in total. The third kappa shape index (κ3) is 4.49. The van der Waals surface area contributed by atoms with Crippen LogP contribution in [0.1, 0.15) is 38.2 Å². The molecule has 1 aromatic carbocycles. The monoisotopic (exact) mass is 400 g/mol. The summed E-state index contributed by atoms with van der Waals surface area (Å²) in [6, 6.07) is 11.7. The van der Waals surface area contributed by atoms with Crippen molar-refractivity contribution in [1.82, 2.24) is 10.6 Å². The molecule has 0 radical (unpaired) electrons. The Morgan fingerprint density at radius 2 is 1.96 bits per heavy atom. The standard InChI is InChI=1S/C22H29FN4S/c1-2-24-21(25-16-22(11-12-22)17-5-7-18(23)8-6-17)26-19-9-13-27(14-10-19)20-4-3-15-28-20/h3-8,15,19H,2,9-14,16H2,1H3,(H2,24,25,26). The van der Waals surface area contributed by atoms with E-state index >= 15 is 0 Å². The molecule has 1 aliphatic heterocycles. The van der Waals surface area contributed by atoms with Crippen molar-refractivity contribution >= 4 is 22.3 Å². The molecular weight excluding hydrogens is 371 g/mol. The van der Waals surface area contributed by atoms with Gasteiger partial charge in [0.15, 0.2) is 5.96 Å². The first-order valence-corrected chi connectivity index (χ1v) is 11.2. The van der Waals surface area contributed by atoms with Crippen LogP contribution >= 0.6 is 11.3 Å². The van der Waals surface area contributed by atoms with E-state index in [0.717, 1.165) is 57.8 Å². The van der Waals surface area contributed by atoms with Crippen molar-refractivity contribution in [3.63, 3.8) is 0 Å². The molecule has 0 amide bonds. The van der Waals surface area contributed by atoms with Gasteiger partial charge in [-0.25, -0.2) is 4.39 Å². The molecule has 4 rings (SSSR count). The van der Waals surface area contributed by atoms with Crippen molar-refractivity contribution < 1.29 is 4.39 Å². The van der Waals surface area contributed by atoms with Crippen LogP contribution in [-0.4, -0.2) is 38.2 Å². The summed E-state index contributed by atoms with van der Waals surface area (Å²) < 4.78 is 13.2. The molecule has 0 unspecified atom stereocenters. The molecule has 2 heterocycles. The third-order valence-electron chi connectivity index (χ3n) is 5.85. The van der Waals surface area contributed by atoms with Crippen LogP contribution in [0.3, 0.4) is 0 Å². The Bertz CT molecular complexity index is 775. The molecule has 1 saturated carbocycles. The maximum absolute atomic E-state index is 13.2. The Balaban J connectivity index is 1.34. The number of aliphatic imine (C=N–C) groups is 1. The van der Waals surface area contributed by atoms with E-state index in [-0.39, 0.29) is 11.2 Å². The molecule has 2 aromatic rings. The number of halogens is 1. The molecule has 0 bridgehead atoms. The van der Waals surface area contributed by atoms with E-state index in [0.29, 0.717) is 6.04 Å². The number of hydrogen-bond acceptors (Lipinski definition) is 3. The quantitative estimate of drug-likeness (QED) is 0.565. The SMILES string of the molecule is CCNC(=NCC1(c2ccc(F)cc2)CC1)NC1CCN(c2cccs2)CC1. The van der Waals surface area contributed by atoms with Gasteiger partial charge in [0.1, 0.15) is 5.82 Å². The van der Waals surface area contributed by atoms with Crippen LogP contribution in [0.4, 0.5) is 9.39 Å².